The van der Waals surface area contributed by atoms with Crippen LogP contribution in [0.15, 0.2) is 12.4 Å². The Bertz CT molecular complexity index is 361. The number of likely N-dealkylation sites (N-methyl/N-ethyl adjacent to an activating group) is 1. The van der Waals surface area contributed by atoms with Gasteiger partial charge in [0, 0.05) is 32.9 Å². The molecule has 1 saturated heterocycles. The molecule has 1 aromatic heterocycles. The third kappa shape index (κ3) is 2.36. The van der Waals surface area contributed by atoms with Crippen molar-refractivity contribution in [2.75, 3.05) is 20.1 Å². The molecular formula is C10H17ClN4O. The molecule has 16 heavy (non-hydrogen) atoms. The number of aryl methyl sites for hydroxylation is 1. The van der Waals surface area contributed by atoms with E-state index < -0.39 is 0 Å². The molecule has 0 aromatic carbocycles. The minimum atomic E-state index is 0. The number of nitrogens with one attached hydrogen (secondary N) is 1. The summed E-state index contributed by atoms with van der Waals surface area (Å²) in [5, 5.41) is 7.24. The van der Waals surface area contributed by atoms with Crippen LogP contribution in [0.2, 0.25) is 0 Å². The summed E-state index contributed by atoms with van der Waals surface area (Å²) < 4.78 is 1.76. The summed E-state index contributed by atoms with van der Waals surface area (Å²) in [6, 6.07) is 0.336. The lowest BCUT2D eigenvalue weighted by Crippen LogP contribution is -2.57. The highest BCUT2D eigenvalue weighted by molar-refractivity contribution is 5.93. The Morgan fingerprint density at radius 2 is 2.38 bits per heavy atom. The maximum Gasteiger partial charge on any atom is 0.257 e. The van der Waals surface area contributed by atoms with Crippen molar-refractivity contribution in [3.63, 3.8) is 0 Å². The predicted molar refractivity (Wildman–Crippen MR) is 63.9 cm³/mol. The molecule has 1 aromatic rings. The third-order valence-corrected chi connectivity index (χ3v) is 2.83. The van der Waals surface area contributed by atoms with E-state index in [1.165, 1.54) is 0 Å². The molecule has 2 heterocycles. The molecule has 90 valence electrons. The smallest absolute Gasteiger partial charge is 0.257 e. The largest absolute Gasteiger partial charge is 0.336 e. The van der Waals surface area contributed by atoms with Crippen molar-refractivity contribution in [1.29, 1.82) is 0 Å². The monoisotopic (exact) mass is 244 g/mol. The van der Waals surface area contributed by atoms with Crippen molar-refractivity contribution in [3.8, 4) is 0 Å². The fourth-order valence-electron chi connectivity index (χ4n) is 1.56. The van der Waals surface area contributed by atoms with Gasteiger partial charge in [0.05, 0.1) is 17.8 Å². The van der Waals surface area contributed by atoms with Crippen molar-refractivity contribution in [1.82, 2.24) is 20.0 Å². The van der Waals surface area contributed by atoms with Gasteiger partial charge in [0.2, 0.25) is 0 Å². The Labute approximate surface area is 101 Å². The second-order valence-electron chi connectivity index (χ2n) is 3.81. The molecular weight excluding hydrogens is 228 g/mol. The number of amides is 1. The summed E-state index contributed by atoms with van der Waals surface area (Å²) in [5.41, 5.74) is 0.672. The molecule has 0 bridgehead atoms. The molecule has 0 spiro atoms. The summed E-state index contributed by atoms with van der Waals surface area (Å²) in [6.07, 6.45) is 3.43. The first kappa shape index (κ1) is 13.0. The molecule has 0 saturated carbocycles. The maximum atomic E-state index is 12.0. The lowest BCUT2D eigenvalue weighted by molar-refractivity contribution is 0.0681. The fourth-order valence-corrected chi connectivity index (χ4v) is 1.56. The Kier molecular flexibility index (Phi) is 4.32. The van der Waals surface area contributed by atoms with Gasteiger partial charge in [-0.2, -0.15) is 5.10 Å². The molecule has 0 atom stereocenters. The van der Waals surface area contributed by atoms with Crippen LogP contribution in [0.5, 0.6) is 0 Å². The Balaban J connectivity index is 0.00000128. The Hall–Kier alpha value is -1.07. The summed E-state index contributed by atoms with van der Waals surface area (Å²) in [5.74, 6) is 0.0567. The normalized spacial score (nSPS) is 15.1. The second-order valence-corrected chi connectivity index (χ2v) is 3.81. The van der Waals surface area contributed by atoms with Crippen LogP contribution >= 0.6 is 12.4 Å². The molecule has 0 radical (unpaired) electrons. The zero-order valence-corrected chi connectivity index (χ0v) is 10.3. The number of rotatable bonds is 3. The van der Waals surface area contributed by atoms with Gasteiger partial charge in [-0.15, -0.1) is 12.4 Å². The van der Waals surface area contributed by atoms with E-state index in [1.807, 2.05) is 14.0 Å². The Morgan fingerprint density at radius 1 is 1.69 bits per heavy atom. The summed E-state index contributed by atoms with van der Waals surface area (Å²) >= 11 is 0. The molecule has 0 aliphatic carbocycles. The zero-order valence-electron chi connectivity index (χ0n) is 9.51. The lowest BCUT2D eigenvalue weighted by Gasteiger charge is -2.35. The van der Waals surface area contributed by atoms with Crippen LogP contribution in [-0.2, 0) is 6.54 Å². The van der Waals surface area contributed by atoms with Gasteiger partial charge in [0.15, 0.2) is 0 Å². The average Bonchev–Trinajstić information content (AvgIpc) is 2.61. The molecule has 1 amide bonds. The highest BCUT2D eigenvalue weighted by Crippen LogP contribution is 2.08. The summed E-state index contributed by atoms with van der Waals surface area (Å²) in [6.45, 7) is 4.58. The van der Waals surface area contributed by atoms with Crippen LogP contribution in [0.4, 0.5) is 0 Å². The van der Waals surface area contributed by atoms with E-state index in [-0.39, 0.29) is 18.3 Å². The quantitative estimate of drug-likeness (QED) is 0.836. The molecule has 1 fully saturated rings. The van der Waals surface area contributed by atoms with Crippen molar-refractivity contribution >= 4 is 18.3 Å². The number of nitrogens with zero attached hydrogens (tertiary/aromatic N) is 3. The minimum Gasteiger partial charge on any atom is -0.336 e. The molecule has 1 N–H and O–H groups in total. The van der Waals surface area contributed by atoms with Gasteiger partial charge in [-0.25, -0.2) is 0 Å². The third-order valence-electron chi connectivity index (χ3n) is 2.83. The number of halogens is 1. The zero-order chi connectivity index (χ0) is 10.8. The average molecular weight is 245 g/mol. The first-order valence-corrected chi connectivity index (χ1v) is 5.22. The Morgan fingerprint density at radius 3 is 2.81 bits per heavy atom. The van der Waals surface area contributed by atoms with Crippen LogP contribution < -0.4 is 5.32 Å². The number of hydrogen-bond acceptors (Lipinski definition) is 3. The van der Waals surface area contributed by atoms with Crippen molar-refractivity contribution in [3.05, 3.63) is 18.0 Å². The van der Waals surface area contributed by atoms with E-state index in [0.717, 1.165) is 19.6 Å². The maximum absolute atomic E-state index is 12.0. The van der Waals surface area contributed by atoms with Crippen LogP contribution in [0, 0.1) is 0 Å². The minimum absolute atomic E-state index is 0. The SMILES string of the molecule is CCn1cc(C(=O)N(C)C2CNC2)cn1.Cl. The molecule has 2 rings (SSSR count). The van der Waals surface area contributed by atoms with Gasteiger partial charge in [-0.05, 0) is 6.92 Å². The first-order valence-electron chi connectivity index (χ1n) is 5.22. The van der Waals surface area contributed by atoms with Gasteiger partial charge in [0.25, 0.3) is 5.91 Å². The van der Waals surface area contributed by atoms with E-state index in [9.17, 15) is 4.79 Å². The van der Waals surface area contributed by atoms with Crippen LogP contribution in [-0.4, -0.2) is 46.8 Å². The predicted octanol–water partition coefficient (Wildman–Crippen LogP) is 0.369. The number of aromatic nitrogens is 2. The van der Waals surface area contributed by atoms with Crippen molar-refractivity contribution < 1.29 is 4.79 Å². The lowest BCUT2D eigenvalue weighted by atomic mass is 10.1. The van der Waals surface area contributed by atoms with Gasteiger partial charge >= 0.3 is 0 Å². The summed E-state index contributed by atoms with van der Waals surface area (Å²) in [4.78, 5) is 13.7. The van der Waals surface area contributed by atoms with Gasteiger partial charge in [-0.3, -0.25) is 9.48 Å². The van der Waals surface area contributed by atoms with E-state index in [1.54, 1.807) is 22.0 Å². The number of carbonyl (C=O) groups is 1. The molecule has 0 unspecified atom stereocenters. The number of carbonyl (C=O) groups excluding carboxylic acids is 1. The number of hydrogen-bond donors (Lipinski definition) is 1. The molecule has 1 aliphatic rings. The molecule has 6 heteroatoms. The molecule has 5 nitrogen and oxygen atoms in total. The van der Waals surface area contributed by atoms with Crippen LogP contribution in [0.25, 0.3) is 0 Å². The second kappa shape index (κ2) is 5.32. The van der Waals surface area contributed by atoms with Gasteiger partial charge in [0.1, 0.15) is 0 Å². The van der Waals surface area contributed by atoms with E-state index in [0.29, 0.717) is 11.6 Å². The van der Waals surface area contributed by atoms with Gasteiger partial charge < -0.3 is 10.2 Å². The fraction of sp³-hybridized carbons (Fsp3) is 0.600. The topological polar surface area (TPSA) is 50.2 Å². The van der Waals surface area contributed by atoms with Crippen LogP contribution in [0.1, 0.15) is 17.3 Å². The summed E-state index contributed by atoms with van der Waals surface area (Å²) in [7, 11) is 1.84. The van der Waals surface area contributed by atoms with Crippen LogP contribution in [0.3, 0.4) is 0 Å². The first-order chi connectivity index (χ1) is 7.22. The van der Waals surface area contributed by atoms with E-state index in [4.69, 9.17) is 0 Å². The molecule has 1 aliphatic heterocycles. The van der Waals surface area contributed by atoms with E-state index >= 15 is 0 Å². The van der Waals surface area contributed by atoms with Crippen molar-refractivity contribution in [2.24, 2.45) is 0 Å². The van der Waals surface area contributed by atoms with Crippen molar-refractivity contribution in [2.45, 2.75) is 19.5 Å². The standard InChI is InChI=1S/C10H16N4O.ClH/c1-3-14-7-8(4-12-14)10(15)13(2)9-5-11-6-9;/h4,7,9,11H,3,5-6H2,1-2H3;1H. The highest BCUT2D eigenvalue weighted by atomic mass is 35.5. The van der Waals surface area contributed by atoms with Gasteiger partial charge in [-0.1, -0.05) is 0 Å². The van der Waals surface area contributed by atoms with E-state index in [2.05, 4.69) is 10.4 Å². The highest BCUT2D eigenvalue weighted by Gasteiger charge is 2.26.